The van der Waals surface area contributed by atoms with Gasteiger partial charge in [0.15, 0.2) is 5.96 Å². The number of likely N-dealkylation sites (tertiary alicyclic amines) is 1. The van der Waals surface area contributed by atoms with E-state index in [0.29, 0.717) is 38.6 Å². The number of amides is 1. The number of hydrogen-bond acceptors (Lipinski definition) is 4. The number of carbonyl (C=O) groups is 1. The Hall–Kier alpha value is -1.79. The first-order chi connectivity index (χ1) is 14.4. The summed E-state index contributed by atoms with van der Waals surface area (Å²) in [6.07, 6.45) is 1.40. The van der Waals surface area contributed by atoms with Crippen LogP contribution >= 0.6 is 24.0 Å². The average molecular weight is 556 g/mol. The maximum atomic E-state index is 13.0. The highest BCUT2D eigenvalue weighted by atomic mass is 127. The van der Waals surface area contributed by atoms with E-state index < -0.39 is 11.7 Å². The van der Waals surface area contributed by atoms with E-state index in [1.165, 1.54) is 12.3 Å². The van der Waals surface area contributed by atoms with Crippen LogP contribution in [0.2, 0.25) is 0 Å². The van der Waals surface area contributed by atoms with E-state index in [1.54, 1.807) is 0 Å². The normalized spacial score (nSPS) is 15.2. The van der Waals surface area contributed by atoms with Crippen LogP contribution in [0.4, 0.5) is 19.0 Å². The molecule has 1 saturated heterocycles. The van der Waals surface area contributed by atoms with Gasteiger partial charge in [0.1, 0.15) is 5.82 Å². The second-order valence-corrected chi connectivity index (χ2v) is 7.06. The third-order valence-electron chi connectivity index (χ3n) is 4.69. The molecule has 7 nitrogen and oxygen atoms in total. The monoisotopic (exact) mass is 556 g/mol. The Morgan fingerprint density at radius 3 is 2.77 bits per heavy atom. The van der Waals surface area contributed by atoms with Gasteiger partial charge in [0.25, 0.3) is 0 Å². The predicted octanol–water partition coefficient (Wildman–Crippen LogP) is 3.48. The van der Waals surface area contributed by atoms with Gasteiger partial charge in [0.05, 0.1) is 5.56 Å². The van der Waals surface area contributed by atoms with Gasteiger partial charge in [-0.25, -0.2) is 4.98 Å². The maximum absolute atomic E-state index is 13.0. The summed E-state index contributed by atoms with van der Waals surface area (Å²) in [6, 6.07) is 2.27. The molecular formula is C20H32F3IN6O. The van der Waals surface area contributed by atoms with E-state index in [4.69, 9.17) is 0 Å². The molecule has 1 aliphatic heterocycles. The van der Waals surface area contributed by atoms with Crippen molar-refractivity contribution in [2.24, 2.45) is 4.99 Å². The molecular weight excluding hydrogens is 524 g/mol. The summed E-state index contributed by atoms with van der Waals surface area (Å²) in [5.74, 6) is 0.634. The van der Waals surface area contributed by atoms with Gasteiger partial charge in [-0.3, -0.25) is 9.79 Å². The van der Waals surface area contributed by atoms with Gasteiger partial charge in [-0.2, -0.15) is 13.2 Å². The van der Waals surface area contributed by atoms with Gasteiger partial charge in [-0.1, -0.05) is 6.42 Å². The van der Waals surface area contributed by atoms with Gasteiger partial charge in [0.2, 0.25) is 5.91 Å². The third kappa shape index (κ3) is 9.92. The van der Waals surface area contributed by atoms with Crippen molar-refractivity contribution in [2.45, 2.75) is 45.2 Å². The number of alkyl halides is 3. The lowest BCUT2D eigenvalue weighted by molar-refractivity contribution is -0.137. The number of anilines is 1. The first-order valence-corrected chi connectivity index (χ1v) is 10.5. The molecule has 0 aromatic carbocycles. The molecule has 1 aromatic rings. The van der Waals surface area contributed by atoms with Crippen LogP contribution in [0, 0.1) is 0 Å². The number of nitrogens with zero attached hydrogens (tertiary/aromatic N) is 3. The number of nitrogens with one attached hydrogen (secondary N) is 3. The van der Waals surface area contributed by atoms with Crippen LogP contribution in [0.3, 0.4) is 0 Å². The highest BCUT2D eigenvalue weighted by Gasteiger charge is 2.33. The molecule has 1 aliphatic rings. The molecule has 0 bridgehead atoms. The number of carbonyl (C=O) groups excluding carboxylic acids is 1. The molecule has 1 aromatic heterocycles. The molecule has 2 rings (SSSR count). The lowest BCUT2D eigenvalue weighted by Gasteiger charge is -2.20. The Labute approximate surface area is 198 Å². The summed E-state index contributed by atoms with van der Waals surface area (Å²) in [5.41, 5.74) is -0.784. The van der Waals surface area contributed by atoms with Crippen molar-refractivity contribution in [3.05, 3.63) is 23.9 Å². The lowest BCUT2D eigenvalue weighted by atomic mass is 10.2. The fourth-order valence-electron chi connectivity index (χ4n) is 3.21. The molecule has 0 aliphatic carbocycles. The average Bonchev–Trinajstić information content (AvgIpc) is 2.92. The van der Waals surface area contributed by atoms with E-state index in [-0.39, 0.29) is 42.2 Å². The quantitative estimate of drug-likeness (QED) is 0.188. The number of hydrogen-bond donors (Lipinski definition) is 3. The van der Waals surface area contributed by atoms with E-state index in [9.17, 15) is 18.0 Å². The molecule has 31 heavy (non-hydrogen) atoms. The van der Waals surface area contributed by atoms with Crippen LogP contribution in [0.5, 0.6) is 0 Å². The van der Waals surface area contributed by atoms with Crippen molar-refractivity contribution in [2.75, 3.05) is 44.6 Å². The van der Waals surface area contributed by atoms with Crippen LogP contribution < -0.4 is 16.0 Å². The smallest absolute Gasteiger partial charge is 0.368 e. The standard InChI is InChI=1S/C20H31F3N6O.HI/c1-2-24-19(27-11-7-15-29-14-5-3-4-9-17(29)30)28-13-12-26-18-16(20(21,22)23)8-6-10-25-18;/h6,8,10H,2-5,7,9,11-15H2,1H3,(H,25,26)(H2,24,27,28);1H. The Balaban J connectivity index is 0.00000480. The summed E-state index contributed by atoms with van der Waals surface area (Å²) in [5, 5.41) is 8.92. The Kier molecular flexibility index (Phi) is 12.6. The second kappa shape index (κ2) is 14.3. The minimum Gasteiger partial charge on any atom is -0.368 e. The van der Waals surface area contributed by atoms with Crippen molar-refractivity contribution in [1.82, 2.24) is 20.5 Å². The highest BCUT2D eigenvalue weighted by molar-refractivity contribution is 14.0. The van der Waals surface area contributed by atoms with Crippen LogP contribution in [-0.2, 0) is 11.0 Å². The maximum Gasteiger partial charge on any atom is 0.419 e. The number of guanidine groups is 1. The van der Waals surface area contributed by atoms with Crippen molar-refractivity contribution in [1.29, 1.82) is 0 Å². The number of halogens is 4. The molecule has 0 spiro atoms. The molecule has 0 radical (unpaired) electrons. The fraction of sp³-hybridized carbons (Fsp3) is 0.650. The zero-order valence-electron chi connectivity index (χ0n) is 17.8. The summed E-state index contributed by atoms with van der Waals surface area (Å²) in [4.78, 5) is 22.2. The molecule has 1 fully saturated rings. The fourth-order valence-corrected chi connectivity index (χ4v) is 3.21. The summed E-state index contributed by atoms with van der Waals surface area (Å²) in [6.45, 7) is 5.32. The van der Waals surface area contributed by atoms with Gasteiger partial charge in [0, 0.05) is 51.9 Å². The molecule has 0 atom stereocenters. The van der Waals surface area contributed by atoms with E-state index in [0.717, 1.165) is 38.3 Å². The van der Waals surface area contributed by atoms with Gasteiger partial charge in [-0.05, 0) is 38.3 Å². The Morgan fingerprint density at radius 1 is 1.23 bits per heavy atom. The first-order valence-electron chi connectivity index (χ1n) is 10.5. The molecule has 11 heteroatoms. The third-order valence-corrected chi connectivity index (χ3v) is 4.69. The van der Waals surface area contributed by atoms with E-state index in [1.807, 2.05) is 11.8 Å². The molecule has 2 heterocycles. The molecule has 0 saturated carbocycles. The summed E-state index contributed by atoms with van der Waals surface area (Å²) in [7, 11) is 0. The number of pyridine rings is 1. The van der Waals surface area contributed by atoms with Crippen molar-refractivity contribution < 1.29 is 18.0 Å². The van der Waals surface area contributed by atoms with Crippen LogP contribution in [0.1, 0.15) is 44.6 Å². The first kappa shape index (κ1) is 27.2. The summed E-state index contributed by atoms with van der Waals surface area (Å²) < 4.78 is 39.0. The topological polar surface area (TPSA) is 81.7 Å². The summed E-state index contributed by atoms with van der Waals surface area (Å²) >= 11 is 0. The van der Waals surface area contributed by atoms with E-state index in [2.05, 4.69) is 25.9 Å². The van der Waals surface area contributed by atoms with Crippen molar-refractivity contribution in [3.63, 3.8) is 0 Å². The minimum atomic E-state index is -4.45. The second-order valence-electron chi connectivity index (χ2n) is 7.06. The zero-order valence-corrected chi connectivity index (χ0v) is 20.1. The highest BCUT2D eigenvalue weighted by Crippen LogP contribution is 2.33. The zero-order chi connectivity index (χ0) is 21.8. The van der Waals surface area contributed by atoms with Crippen LogP contribution in [0.15, 0.2) is 23.3 Å². The Morgan fingerprint density at radius 2 is 2.03 bits per heavy atom. The largest absolute Gasteiger partial charge is 0.419 e. The van der Waals surface area contributed by atoms with Crippen molar-refractivity contribution in [3.8, 4) is 0 Å². The van der Waals surface area contributed by atoms with Gasteiger partial charge in [-0.15, -0.1) is 24.0 Å². The van der Waals surface area contributed by atoms with Gasteiger partial charge < -0.3 is 20.9 Å². The number of rotatable bonds is 9. The number of aliphatic imine (C=N–C) groups is 1. The Bertz CT molecular complexity index is 702. The number of aromatic nitrogens is 1. The van der Waals surface area contributed by atoms with Crippen molar-refractivity contribution >= 4 is 41.7 Å². The molecule has 3 N–H and O–H groups in total. The van der Waals surface area contributed by atoms with Crippen LogP contribution in [0.25, 0.3) is 0 Å². The van der Waals surface area contributed by atoms with E-state index >= 15 is 0 Å². The minimum absolute atomic E-state index is 0. The lowest BCUT2D eigenvalue weighted by Crippen LogP contribution is -2.40. The molecule has 176 valence electrons. The molecule has 0 unspecified atom stereocenters. The van der Waals surface area contributed by atoms with Crippen LogP contribution in [-0.4, -0.2) is 61.0 Å². The SMILES string of the molecule is CCNC(=NCCCN1CCCCCC1=O)NCCNc1ncccc1C(F)(F)F.I. The molecule has 1 amide bonds. The van der Waals surface area contributed by atoms with Gasteiger partial charge >= 0.3 is 6.18 Å². The predicted molar refractivity (Wildman–Crippen MR) is 127 cm³/mol.